The van der Waals surface area contributed by atoms with Crippen LogP contribution in [0.15, 0.2) is 42.5 Å². The van der Waals surface area contributed by atoms with E-state index >= 15 is 0 Å². The van der Waals surface area contributed by atoms with E-state index in [9.17, 15) is 4.39 Å². The van der Waals surface area contributed by atoms with E-state index in [1.165, 1.54) is 17.7 Å². The molecule has 0 radical (unpaired) electrons. The Morgan fingerprint density at radius 2 is 1.75 bits per heavy atom. The van der Waals surface area contributed by atoms with Crippen LogP contribution in [0.2, 0.25) is 5.02 Å². The van der Waals surface area contributed by atoms with Crippen molar-refractivity contribution >= 4 is 34.6 Å². The predicted octanol–water partition coefficient (Wildman–Crippen LogP) is 5.82. The second-order valence-corrected chi connectivity index (χ2v) is 7.64. The Bertz CT molecular complexity index is 723. The van der Waals surface area contributed by atoms with Crippen LogP contribution < -0.4 is 10.6 Å². The Morgan fingerprint density at radius 1 is 1.12 bits per heavy atom. The van der Waals surface area contributed by atoms with Crippen molar-refractivity contribution in [2.45, 2.75) is 39.2 Å². The molecule has 0 unspecified atom stereocenters. The predicted molar refractivity (Wildman–Crippen MR) is 104 cm³/mol. The Morgan fingerprint density at radius 3 is 2.29 bits per heavy atom. The summed E-state index contributed by atoms with van der Waals surface area (Å²) in [5, 5.41) is 6.76. The van der Waals surface area contributed by atoms with E-state index in [2.05, 4.69) is 55.7 Å². The van der Waals surface area contributed by atoms with E-state index in [1.807, 2.05) is 6.92 Å². The van der Waals surface area contributed by atoms with Crippen LogP contribution in [0.4, 0.5) is 10.1 Å². The molecular weight excluding hydrogens is 343 g/mol. The number of hydrogen-bond donors (Lipinski definition) is 2. The molecule has 2 aromatic rings. The van der Waals surface area contributed by atoms with Gasteiger partial charge in [-0.1, -0.05) is 56.6 Å². The number of benzene rings is 2. The van der Waals surface area contributed by atoms with Crippen LogP contribution in [-0.2, 0) is 5.41 Å². The van der Waals surface area contributed by atoms with Crippen LogP contribution in [0.1, 0.15) is 44.9 Å². The van der Waals surface area contributed by atoms with E-state index in [0.29, 0.717) is 10.8 Å². The van der Waals surface area contributed by atoms with Gasteiger partial charge in [-0.3, -0.25) is 0 Å². The van der Waals surface area contributed by atoms with Gasteiger partial charge in [0.15, 0.2) is 5.11 Å². The van der Waals surface area contributed by atoms with Crippen LogP contribution in [0.3, 0.4) is 0 Å². The van der Waals surface area contributed by atoms with E-state index < -0.39 is 5.82 Å². The monoisotopic (exact) mass is 364 g/mol. The maximum absolute atomic E-state index is 13.2. The largest absolute Gasteiger partial charge is 0.356 e. The summed E-state index contributed by atoms with van der Waals surface area (Å²) in [6.45, 7) is 8.61. The minimum absolute atomic E-state index is 0.0509. The van der Waals surface area contributed by atoms with Crippen molar-refractivity contribution in [2.24, 2.45) is 0 Å². The van der Waals surface area contributed by atoms with Crippen molar-refractivity contribution in [2.75, 3.05) is 5.32 Å². The summed E-state index contributed by atoms with van der Waals surface area (Å²) in [6, 6.07) is 13.0. The van der Waals surface area contributed by atoms with Gasteiger partial charge in [-0.15, -0.1) is 0 Å². The fraction of sp³-hybridized carbons (Fsp3) is 0.316. The fourth-order valence-electron chi connectivity index (χ4n) is 2.29. The molecule has 0 heterocycles. The van der Waals surface area contributed by atoms with Crippen LogP contribution >= 0.6 is 23.8 Å². The van der Waals surface area contributed by atoms with Crippen molar-refractivity contribution in [1.82, 2.24) is 5.32 Å². The van der Waals surface area contributed by atoms with E-state index in [1.54, 1.807) is 6.07 Å². The highest BCUT2D eigenvalue weighted by Gasteiger charge is 2.14. The summed E-state index contributed by atoms with van der Waals surface area (Å²) >= 11 is 11.1. The average molecular weight is 365 g/mol. The summed E-state index contributed by atoms with van der Waals surface area (Å²) in [4.78, 5) is 0. The van der Waals surface area contributed by atoms with Gasteiger partial charge in [0.05, 0.1) is 11.1 Å². The van der Waals surface area contributed by atoms with Crippen LogP contribution in [-0.4, -0.2) is 5.11 Å². The molecule has 0 amide bonds. The minimum atomic E-state index is -0.451. The first-order valence-electron chi connectivity index (χ1n) is 7.80. The molecule has 2 nitrogen and oxygen atoms in total. The van der Waals surface area contributed by atoms with Gasteiger partial charge < -0.3 is 10.6 Å². The zero-order valence-electron chi connectivity index (χ0n) is 14.3. The lowest BCUT2D eigenvalue weighted by molar-refractivity contribution is 0.589. The molecule has 24 heavy (non-hydrogen) atoms. The summed E-state index contributed by atoms with van der Waals surface area (Å²) in [5.41, 5.74) is 3.21. The maximum Gasteiger partial charge on any atom is 0.171 e. The second-order valence-electron chi connectivity index (χ2n) is 6.82. The van der Waals surface area contributed by atoms with Gasteiger partial charge in [-0.25, -0.2) is 4.39 Å². The molecule has 2 N–H and O–H groups in total. The quantitative estimate of drug-likeness (QED) is 0.670. The molecular formula is C19H22ClFN2S. The van der Waals surface area contributed by atoms with Crippen molar-refractivity contribution in [3.63, 3.8) is 0 Å². The normalized spacial score (nSPS) is 12.6. The molecule has 0 aliphatic carbocycles. The third-order valence-corrected chi connectivity index (χ3v) is 4.31. The first kappa shape index (κ1) is 18.7. The Hall–Kier alpha value is -1.65. The molecule has 0 fully saturated rings. The smallest absolute Gasteiger partial charge is 0.171 e. The first-order chi connectivity index (χ1) is 11.2. The average Bonchev–Trinajstić information content (AvgIpc) is 2.50. The number of anilines is 1. The molecule has 0 spiro atoms. The van der Waals surface area contributed by atoms with E-state index in [0.717, 1.165) is 5.56 Å². The van der Waals surface area contributed by atoms with Gasteiger partial charge in [-0.05, 0) is 53.9 Å². The van der Waals surface area contributed by atoms with Gasteiger partial charge in [0.25, 0.3) is 0 Å². The lowest BCUT2D eigenvalue weighted by Gasteiger charge is -2.21. The third kappa shape index (κ3) is 4.92. The van der Waals surface area contributed by atoms with Crippen molar-refractivity contribution < 1.29 is 4.39 Å². The molecule has 5 heteroatoms. The number of halogens is 2. The molecule has 0 aliphatic rings. The zero-order chi connectivity index (χ0) is 17.9. The highest BCUT2D eigenvalue weighted by Crippen LogP contribution is 2.24. The Balaban J connectivity index is 1.99. The molecule has 2 rings (SSSR count). The molecule has 2 aromatic carbocycles. The first-order valence-corrected chi connectivity index (χ1v) is 8.58. The molecule has 0 aromatic heterocycles. The highest BCUT2D eigenvalue weighted by atomic mass is 35.5. The third-order valence-electron chi connectivity index (χ3n) is 3.80. The zero-order valence-corrected chi connectivity index (χ0v) is 15.9. The summed E-state index contributed by atoms with van der Waals surface area (Å²) < 4.78 is 13.2. The number of rotatable bonds is 3. The van der Waals surface area contributed by atoms with Crippen LogP contribution in [0.25, 0.3) is 0 Å². The SMILES string of the molecule is C[C@@H](NC(=S)Nc1ccc(F)c(Cl)c1)c1ccc(C(C)(C)C)cc1. The van der Waals surface area contributed by atoms with Gasteiger partial charge in [0.1, 0.15) is 5.82 Å². The van der Waals surface area contributed by atoms with Crippen LogP contribution in [0, 0.1) is 5.82 Å². The van der Waals surface area contributed by atoms with Crippen molar-refractivity contribution in [3.8, 4) is 0 Å². The number of nitrogens with one attached hydrogen (secondary N) is 2. The van der Waals surface area contributed by atoms with Crippen LogP contribution in [0.5, 0.6) is 0 Å². The minimum Gasteiger partial charge on any atom is -0.356 e. The lowest BCUT2D eigenvalue weighted by atomic mass is 9.86. The van der Waals surface area contributed by atoms with E-state index in [-0.39, 0.29) is 16.5 Å². The Kier molecular flexibility index (Phi) is 5.83. The van der Waals surface area contributed by atoms with Gasteiger partial charge in [0.2, 0.25) is 0 Å². The van der Waals surface area contributed by atoms with E-state index in [4.69, 9.17) is 23.8 Å². The standard InChI is InChI=1S/C19H22ClFN2S/c1-12(13-5-7-14(8-6-13)19(2,3)4)22-18(24)23-15-9-10-17(21)16(20)11-15/h5-12H,1-4H3,(H2,22,23,24)/t12-/m1/s1. The highest BCUT2D eigenvalue weighted by molar-refractivity contribution is 7.80. The Labute approximate surface area is 153 Å². The lowest BCUT2D eigenvalue weighted by Crippen LogP contribution is -2.30. The number of hydrogen-bond acceptors (Lipinski definition) is 1. The molecule has 0 aliphatic heterocycles. The topological polar surface area (TPSA) is 24.1 Å². The van der Waals surface area contributed by atoms with Gasteiger partial charge in [-0.2, -0.15) is 0 Å². The molecule has 1 atom stereocenters. The second kappa shape index (κ2) is 7.49. The number of thiocarbonyl (C=S) groups is 1. The molecule has 0 bridgehead atoms. The molecule has 0 saturated heterocycles. The van der Waals surface area contributed by atoms with Crippen molar-refractivity contribution in [1.29, 1.82) is 0 Å². The van der Waals surface area contributed by atoms with Gasteiger partial charge >= 0.3 is 0 Å². The summed E-state index contributed by atoms with van der Waals surface area (Å²) in [6.07, 6.45) is 0. The maximum atomic E-state index is 13.2. The fourth-order valence-corrected chi connectivity index (χ4v) is 2.77. The molecule has 128 valence electrons. The summed E-state index contributed by atoms with van der Waals surface area (Å²) in [7, 11) is 0. The van der Waals surface area contributed by atoms with Crippen molar-refractivity contribution in [3.05, 3.63) is 64.4 Å². The molecule has 0 saturated carbocycles. The van der Waals surface area contributed by atoms with Gasteiger partial charge in [0, 0.05) is 5.69 Å². The summed E-state index contributed by atoms with van der Waals surface area (Å²) in [5.74, 6) is -0.451.